The van der Waals surface area contributed by atoms with Crippen molar-refractivity contribution in [1.29, 1.82) is 0 Å². The fourth-order valence-electron chi connectivity index (χ4n) is 0.985. The number of H-pyrrole nitrogens is 1. The number of alkyl halides is 1. The van der Waals surface area contributed by atoms with E-state index in [1.54, 1.807) is 0 Å². The van der Waals surface area contributed by atoms with Crippen molar-refractivity contribution in [3.05, 3.63) is 12.4 Å². The lowest BCUT2D eigenvalue weighted by Crippen LogP contribution is -2.39. The molecular weight excluding hydrogens is 242 g/mol. The number of nitrogens with one attached hydrogen (secondary N) is 2. The molecule has 0 saturated heterocycles. The topological polar surface area (TPSA) is 84.1 Å². The van der Waals surface area contributed by atoms with E-state index in [1.165, 1.54) is 19.5 Å². The third kappa shape index (κ3) is 3.45. The Balaban J connectivity index is 2.72. The number of aromatic amines is 1. The van der Waals surface area contributed by atoms with Crippen LogP contribution in [0.3, 0.4) is 0 Å². The summed E-state index contributed by atoms with van der Waals surface area (Å²) < 4.78 is 30.5. The van der Waals surface area contributed by atoms with Gasteiger partial charge < -0.3 is 4.74 Å². The fraction of sp³-hybridized carbons (Fsp3) is 0.571. The lowest BCUT2D eigenvalue weighted by Gasteiger charge is -2.13. The monoisotopic (exact) mass is 253 g/mol. The Morgan fingerprint density at radius 3 is 2.93 bits per heavy atom. The van der Waals surface area contributed by atoms with Crippen molar-refractivity contribution >= 4 is 21.6 Å². The summed E-state index contributed by atoms with van der Waals surface area (Å²) >= 11 is 5.58. The van der Waals surface area contributed by atoms with Gasteiger partial charge in [0.25, 0.3) is 0 Å². The minimum Gasteiger partial charge on any atom is -0.383 e. The van der Waals surface area contributed by atoms with Crippen LogP contribution in [0, 0.1) is 0 Å². The second-order valence-electron chi connectivity index (χ2n) is 2.86. The Kier molecular flexibility index (Phi) is 4.52. The third-order valence-electron chi connectivity index (χ3n) is 1.66. The van der Waals surface area contributed by atoms with Gasteiger partial charge in [0.15, 0.2) is 0 Å². The van der Waals surface area contributed by atoms with E-state index in [4.69, 9.17) is 16.3 Å². The average molecular weight is 254 g/mol. The van der Waals surface area contributed by atoms with Crippen molar-refractivity contribution < 1.29 is 13.2 Å². The molecule has 0 amide bonds. The van der Waals surface area contributed by atoms with Gasteiger partial charge in [-0.2, -0.15) is 5.10 Å². The molecule has 0 radical (unpaired) electrons. The highest BCUT2D eigenvalue weighted by molar-refractivity contribution is 7.89. The maximum Gasteiger partial charge on any atom is 0.244 e. The number of hydrogen-bond donors (Lipinski definition) is 2. The van der Waals surface area contributed by atoms with Crippen LogP contribution in [-0.4, -0.2) is 44.3 Å². The van der Waals surface area contributed by atoms with Gasteiger partial charge in [0.1, 0.15) is 4.90 Å². The number of aromatic nitrogens is 2. The summed E-state index contributed by atoms with van der Waals surface area (Å²) in [5.41, 5.74) is 0. The molecule has 0 aliphatic heterocycles. The van der Waals surface area contributed by atoms with Crippen molar-refractivity contribution in [3.8, 4) is 0 Å². The summed E-state index contributed by atoms with van der Waals surface area (Å²) in [6.07, 6.45) is 2.51. The van der Waals surface area contributed by atoms with Crippen LogP contribution in [0.15, 0.2) is 17.3 Å². The Morgan fingerprint density at radius 1 is 1.73 bits per heavy atom. The van der Waals surface area contributed by atoms with E-state index < -0.39 is 16.1 Å². The van der Waals surface area contributed by atoms with Crippen LogP contribution in [0.1, 0.15) is 0 Å². The quantitative estimate of drug-likeness (QED) is 0.696. The highest BCUT2D eigenvalue weighted by Crippen LogP contribution is 2.06. The van der Waals surface area contributed by atoms with Gasteiger partial charge in [-0.3, -0.25) is 5.10 Å². The molecule has 0 saturated carbocycles. The smallest absolute Gasteiger partial charge is 0.244 e. The largest absolute Gasteiger partial charge is 0.383 e. The number of halogens is 1. The van der Waals surface area contributed by atoms with Crippen LogP contribution < -0.4 is 4.72 Å². The van der Waals surface area contributed by atoms with Crippen molar-refractivity contribution in [3.63, 3.8) is 0 Å². The van der Waals surface area contributed by atoms with Gasteiger partial charge in [0.2, 0.25) is 10.0 Å². The Bertz CT molecular complexity index is 378. The summed E-state index contributed by atoms with van der Waals surface area (Å²) in [4.78, 5) is 0.0775. The second-order valence-corrected chi connectivity index (χ2v) is 4.88. The van der Waals surface area contributed by atoms with E-state index >= 15 is 0 Å². The van der Waals surface area contributed by atoms with Crippen LogP contribution in [0.2, 0.25) is 0 Å². The second kappa shape index (κ2) is 5.45. The molecule has 8 heteroatoms. The van der Waals surface area contributed by atoms with E-state index in [2.05, 4.69) is 14.9 Å². The number of nitrogens with zero attached hydrogens (tertiary/aromatic N) is 1. The molecule has 0 aliphatic rings. The number of methoxy groups -OCH3 is 1. The van der Waals surface area contributed by atoms with Gasteiger partial charge >= 0.3 is 0 Å². The fourth-order valence-corrected chi connectivity index (χ4v) is 2.37. The van der Waals surface area contributed by atoms with Crippen LogP contribution in [-0.2, 0) is 14.8 Å². The predicted molar refractivity (Wildman–Crippen MR) is 55.3 cm³/mol. The zero-order chi connectivity index (χ0) is 11.3. The number of sulfonamides is 1. The van der Waals surface area contributed by atoms with Gasteiger partial charge in [-0.1, -0.05) is 0 Å². The average Bonchev–Trinajstić information content (AvgIpc) is 2.70. The summed E-state index contributed by atoms with van der Waals surface area (Å²) in [7, 11) is -2.08. The summed E-state index contributed by atoms with van der Waals surface area (Å²) in [5, 5.41) is 5.98. The first kappa shape index (κ1) is 12.4. The van der Waals surface area contributed by atoms with Crippen molar-refractivity contribution in [2.45, 2.75) is 10.9 Å². The predicted octanol–water partition coefficient (Wildman–Crippen LogP) is -0.0582. The van der Waals surface area contributed by atoms with E-state index in [9.17, 15) is 8.42 Å². The Labute approximate surface area is 93.0 Å². The standard InChI is InChI=1S/C7H12ClN3O3S/c1-14-5-6(2-8)11-15(12,13)7-3-9-10-4-7/h3-4,6,11H,2,5H2,1H3,(H,9,10). The van der Waals surface area contributed by atoms with Crippen molar-refractivity contribution in [2.24, 2.45) is 0 Å². The van der Waals surface area contributed by atoms with Gasteiger partial charge in [-0.05, 0) is 0 Å². The lowest BCUT2D eigenvalue weighted by atomic mass is 10.4. The number of hydrogen-bond acceptors (Lipinski definition) is 4. The van der Waals surface area contributed by atoms with Gasteiger partial charge in [0.05, 0.1) is 18.8 Å². The first-order valence-corrected chi connectivity index (χ1v) is 6.18. The normalized spacial score (nSPS) is 14.0. The summed E-state index contributed by atoms with van der Waals surface area (Å²) in [5.74, 6) is 0.144. The lowest BCUT2D eigenvalue weighted by molar-refractivity contribution is 0.181. The number of ether oxygens (including phenoxy) is 1. The molecule has 0 fully saturated rings. The van der Waals surface area contributed by atoms with E-state index in [0.29, 0.717) is 0 Å². The molecule has 0 spiro atoms. The molecule has 1 atom stereocenters. The summed E-state index contributed by atoms with van der Waals surface area (Å²) in [6.45, 7) is 0.223. The van der Waals surface area contributed by atoms with Crippen molar-refractivity contribution in [2.75, 3.05) is 19.6 Å². The molecule has 6 nitrogen and oxygen atoms in total. The van der Waals surface area contributed by atoms with Crippen LogP contribution in [0.5, 0.6) is 0 Å². The van der Waals surface area contributed by atoms with Gasteiger partial charge in [-0.25, -0.2) is 13.1 Å². The van der Waals surface area contributed by atoms with Crippen LogP contribution in [0.4, 0.5) is 0 Å². The Hall–Kier alpha value is -0.630. The molecule has 1 unspecified atom stereocenters. The molecular formula is C7H12ClN3O3S. The van der Waals surface area contributed by atoms with Crippen LogP contribution in [0.25, 0.3) is 0 Å². The van der Waals surface area contributed by atoms with Gasteiger partial charge in [-0.15, -0.1) is 11.6 Å². The molecule has 1 aromatic heterocycles. The molecule has 86 valence electrons. The molecule has 0 aromatic carbocycles. The maximum absolute atomic E-state index is 11.7. The molecule has 1 aromatic rings. The third-order valence-corrected chi connectivity index (χ3v) is 3.52. The first-order chi connectivity index (χ1) is 7.10. The van der Waals surface area contributed by atoms with E-state index in [1.807, 2.05) is 0 Å². The molecule has 0 bridgehead atoms. The van der Waals surface area contributed by atoms with Crippen LogP contribution >= 0.6 is 11.6 Å². The zero-order valence-electron chi connectivity index (χ0n) is 8.10. The zero-order valence-corrected chi connectivity index (χ0v) is 9.68. The minimum atomic E-state index is -3.56. The molecule has 1 heterocycles. The van der Waals surface area contributed by atoms with Crippen molar-refractivity contribution in [1.82, 2.24) is 14.9 Å². The molecule has 0 aliphatic carbocycles. The van der Waals surface area contributed by atoms with Gasteiger partial charge in [0, 0.05) is 19.2 Å². The Morgan fingerprint density at radius 2 is 2.47 bits per heavy atom. The first-order valence-electron chi connectivity index (χ1n) is 4.16. The highest BCUT2D eigenvalue weighted by atomic mass is 35.5. The molecule has 15 heavy (non-hydrogen) atoms. The SMILES string of the molecule is COCC(CCl)NS(=O)(=O)c1cn[nH]c1. The van der Waals surface area contributed by atoms with E-state index in [-0.39, 0.29) is 17.4 Å². The molecule has 2 N–H and O–H groups in total. The number of rotatable bonds is 6. The maximum atomic E-state index is 11.7. The minimum absolute atomic E-state index is 0.0775. The summed E-state index contributed by atoms with van der Waals surface area (Å²) in [6, 6.07) is -0.448. The highest BCUT2D eigenvalue weighted by Gasteiger charge is 2.20. The molecule has 1 rings (SSSR count). The van der Waals surface area contributed by atoms with E-state index in [0.717, 1.165) is 0 Å².